The summed E-state index contributed by atoms with van der Waals surface area (Å²) in [6.07, 6.45) is 3.86. The van der Waals surface area contributed by atoms with Crippen molar-refractivity contribution in [2.75, 3.05) is 13.2 Å². The Morgan fingerprint density at radius 1 is 1.32 bits per heavy atom. The van der Waals surface area contributed by atoms with Crippen molar-refractivity contribution in [3.63, 3.8) is 0 Å². The molecule has 1 saturated heterocycles. The first-order chi connectivity index (χ1) is 10.5. The second-order valence-corrected chi connectivity index (χ2v) is 5.87. The number of carbonyl (C=O) groups is 2. The molecular formula is C15H18N2O5. The monoisotopic (exact) mass is 306 g/mol. The lowest BCUT2D eigenvalue weighted by atomic mass is 9.94. The van der Waals surface area contributed by atoms with Gasteiger partial charge >= 0.3 is 5.97 Å². The SMILES string of the molecule is O=C(NC1(C(=O)O)CCOC1)c1cc2c([nH]c1=O)CCCC2. The van der Waals surface area contributed by atoms with Crippen LogP contribution in [-0.2, 0) is 22.4 Å². The van der Waals surface area contributed by atoms with Gasteiger partial charge in [0.25, 0.3) is 11.5 Å². The molecular weight excluding hydrogens is 288 g/mol. The van der Waals surface area contributed by atoms with Crippen molar-refractivity contribution in [3.05, 3.63) is 33.2 Å². The molecule has 7 heteroatoms. The third kappa shape index (κ3) is 2.52. The minimum Gasteiger partial charge on any atom is -0.479 e. The van der Waals surface area contributed by atoms with E-state index >= 15 is 0 Å². The molecule has 1 aromatic rings. The largest absolute Gasteiger partial charge is 0.479 e. The average molecular weight is 306 g/mol. The van der Waals surface area contributed by atoms with Gasteiger partial charge < -0.3 is 20.1 Å². The zero-order chi connectivity index (χ0) is 15.7. The molecule has 22 heavy (non-hydrogen) atoms. The summed E-state index contributed by atoms with van der Waals surface area (Å²) >= 11 is 0. The quantitative estimate of drug-likeness (QED) is 0.740. The van der Waals surface area contributed by atoms with Gasteiger partial charge in [-0.05, 0) is 37.3 Å². The van der Waals surface area contributed by atoms with E-state index in [1.807, 2.05) is 0 Å². The number of H-pyrrole nitrogens is 1. The number of hydrogen-bond acceptors (Lipinski definition) is 4. The Hall–Kier alpha value is -2.15. The number of fused-ring (bicyclic) bond motifs is 1. The molecule has 1 aliphatic heterocycles. The van der Waals surface area contributed by atoms with E-state index in [2.05, 4.69) is 10.3 Å². The Kier molecular flexibility index (Phi) is 3.74. The van der Waals surface area contributed by atoms with Crippen molar-refractivity contribution >= 4 is 11.9 Å². The Morgan fingerprint density at radius 2 is 2.09 bits per heavy atom. The molecule has 3 N–H and O–H groups in total. The van der Waals surface area contributed by atoms with E-state index in [-0.39, 0.29) is 25.2 Å². The maximum absolute atomic E-state index is 12.4. The second kappa shape index (κ2) is 5.57. The number of aryl methyl sites for hydroxylation is 2. The number of carbonyl (C=O) groups excluding carboxylic acids is 1. The van der Waals surface area contributed by atoms with E-state index in [9.17, 15) is 19.5 Å². The summed E-state index contributed by atoms with van der Waals surface area (Å²) in [5, 5.41) is 11.8. The Balaban J connectivity index is 1.89. The zero-order valence-corrected chi connectivity index (χ0v) is 12.1. The highest BCUT2D eigenvalue weighted by Crippen LogP contribution is 2.21. The first kappa shape index (κ1) is 14.8. The van der Waals surface area contributed by atoms with Crippen LogP contribution in [0.15, 0.2) is 10.9 Å². The molecule has 7 nitrogen and oxygen atoms in total. The van der Waals surface area contributed by atoms with E-state index in [1.165, 1.54) is 0 Å². The molecule has 0 saturated carbocycles. The predicted molar refractivity (Wildman–Crippen MR) is 77.0 cm³/mol. The number of amides is 1. The van der Waals surface area contributed by atoms with Gasteiger partial charge in [-0.3, -0.25) is 9.59 Å². The van der Waals surface area contributed by atoms with Crippen molar-refractivity contribution in [3.8, 4) is 0 Å². The van der Waals surface area contributed by atoms with Gasteiger partial charge in [0.1, 0.15) is 5.56 Å². The molecule has 0 bridgehead atoms. The number of nitrogens with one attached hydrogen (secondary N) is 2. The van der Waals surface area contributed by atoms with Gasteiger partial charge in [-0.15, -0.1) is 0 Å². The highest BCUT2D eigenvalue weighted by Gasteiger charge is 2.44. The summed E-state index contributed by atoms with van der Waals surface area (Å²) in [6, 6.07) is 1.59. The molecule has 0 spiro atoms. The molecule has 1 aromatic heterocycles. The molecule has 1 amide bonds. The average Bonchev–Trinajstić information content (AvgIpc) is 2.96. The standard InChI is InChI=1S/C15H18N2O5/c18-12-10(7-9-3-1-2-4-11(9)16-12)13(19)17-15(14(20)21)5-6-22-8-15/h7H,1-6,8H2,(H,16,18)(H,17,19)(H,20,21). The van der Waals surface area contributed by atoms with Gasteiger partial charge in [0.05, 0.1) is 6.61 Å². The fourth-order valence-electron chi connectivity index (χ4n) is 3.01. The molecule has 2 aliphatic rings. The van der Waals surface area contributed by atoms with Crippen LogP contribution >= 0.6 is 0 Å². The Labute approximate surface area is 126 Å². The summed E-state index contributed by atoms with van der Waals surface area (Å²) in [5.41, 5.74) is -0.113. The Bertz CT molecular complexity index is 673. The molecule has 3 rings (SSSR count). The smallest absolute Gasteiger partial charge is 0.331 e. The van der Waals surface area contributed by atoms with Gasteiger partial charge in [-0.2, -0.15) is 0 Å². The number of hydrogen-bond donors (Lipinski definition) is 3. The minimum absolute atomic E-state index is 0.0341. The zero-order valence-electron chi connectivity index (χ0n) is 12.1. The third-order valence-electron chi connectivity index (χ3n) is 4.37. The maximum Gasteiger partial charge on any atom is 0.331 e. The van der Waals surface area contributed by atoms with Crippen LogP contribution in [0.5, 0.6) is 0 Å². The van der Waals surface area contributed by atoms with Crippen LogP contribution in [0.25, 0.3) is 0 Å². The van der Waals surface area contributed by atoms with Crippen LogP contribution in [0.1, 0.15) is 40.9 Å². The molecule has 1 atom stereocenters. The van der Waals surface area contributed by atoms with Crippen molar-refractivity contribution in [2.24, 2.45) is 0 Å². The highest BCUT2D eigenvalue weighted by atomic mass is 16.5. The summed E-state index contributed by atoms with van der Waals surface area (Å²) < 4.78 is 5.10. The second-order valence-electron chi connectivity index (χ2n) is 5.87. The first-order valence-electron chi connectivity index (χ1n) is 7.40. The molecule has 1 fully saturated rings. The van der Waals surface area contributed by atoms with Crippen LogP contribution < -0.4 is 10.9 Å². The van der Waals surface area contributed by atoms with E-state index in [4.69, 9.17) is 4.74 Å². The number of rotatable bonds is 3. The van der Waals surface area contributed by atoms with Gasteiger partial charge in [0.2, 0.25) is 0 Å². The number of aromatic amines is 1. The predicted octanol–water partition coefficient (Wildman–Crippen LogP) is 0.227. The summed E-state index contributed by atoms with van der Waals surface area (Å²) in [7, 11) is 0. The molecule has 2 heterocycles. The van der Waals surface area contributed by atoms with Crippen LogP contribution in [0, 0.1) is 0 Å². The molecule has 0 radical (unpaired) electrons. The molecule has 0 aromatic carbocycles. The molecule has 118 valence electrons. The number of pyridine rings is 1. The lowest BCUT2D eigenvalue weighted by Gasteiger charge is -2.24. The summed E-state index contributed by atoms with van der Waals surface area (Å²) in [5.74, 6) is -1.81. The van der Waals surface area contributed by atoms with Crippen molar-refractivity contribution in [2.45, 2.75) is 37.6 Å². The van der Waals surface area contributed by atoms with Crippen LogP contribution in [0.2, 0.25) is 0 Å². The van der Waals surface area contributed by atoms with E-state index in [0.29, 0.717) is 0 Å². The lowest BCUT2D eigenvalue weighted by Crippen LogP contribution is -2.55. The van der Waals surface area contributed by atoms with Gasteiger partial charge in [-0.25, -0.2) is 4.79 Å². The van der Waals surface area contributed by atoms with Crippen molar-refractivity contribution in [1.29, 1.82) is 0 Å². The van der Waals surface area contributed by atoms with Crippen LogP contribution in [0.4, 0.5) is 0 Å². The number of carboxylic acids is 1. The van der Waals surface area contributed by atoms with Crippen LogP contribution in [0.3, 0.4) is 0 Å². The molecule has 1 aliphatic carbocycles. The maximum atomic E-state index is 12.4. The fourth-order valence-corrected chi connectivity index (χ4v) is 3.01. The van der Waals surface area contributed by atoms with E-state index in [1.54, 1.807) is 6.07 Å². The Morgan fingerprint density at radius 3 is 2.77 bits per heavy atom. The summed E-state index contributed by atoms with van der Waals surface area (Å²) in [6.45, 7) is 0.185. The van der Waals surface area contributed by atoms with Gasteiger partial charge in [0.15, 0.2) is 5.54 Å². The van der Waals surface area contributed by atoms with Gasteiger partial charge in [0, 0.05) is 18.7 Å². The van der Waals surface area contributed by atoms with E-state index < -0.39 is 23.0 Å². The number of aliphatic carboxylic acids is 1. The fraction of sp³-hybridized carbons (Fsp3) is 0.533. The topological polar surface area (TPSA) is 108 Å². The van der Waals surface area contributed by atoms with Crippen molar-refractivity contribution < 1.29 is 19.4 Å². The normalized spacial score (nSPS) is 23.8. The van der Waals surface area contributed by atoms with Gasteiger partial charge in [-0.1, -0.05) is 0 Å². The number of carboxylic acid groups (broad SMARTS) is 1. The van der Waals surface area contributed by atoms with Crippen LogP contribution in [-0.4, -0.2) is 40.7 Å². The first-order valence-corrected chi connectivity index (χ1v) is 7.40. The third-order valence-corrected chi connectivity index (χ3v) is 4.37. The lowest BCUT2D eigenvalue weighted by molar-refractivity contribution is -0.144. The highest BCUT2D eigenvalue weighted by molar-refractivity contribution is 5.98. The molecule has 1 unspecified atom stereocenters. The number of aromatic nitrogens is 1. The number of ether oxygens (including phenoxy) is 1. The van der Waals surface area contributed by atoms with Crippen molar-refractivity contribution in [1.82, 2.24) is 10.3 Å². The summed E-state index contributed by atoms with van der Waals surface area (Å²) in [4.78, 5) is 38.6. The minimum atomic E-state index is -1.45. The van der Waals surface area contributed by atoms with E-state index in [0.717, 1.165) is 36.9 Å².